The van der Waals surface area contributed by atoms with Gasteiger partial charge in [0.2, 0.25) is 0 Å². The Morgan fingerprint density at radius 2 is 1.88 bits per heavy atom. The largest absolute Gasteiger partial charge is 0.325 e. The summed E-state index contributed by atoms with van der Waals surface area (Å²) in [7, 11) is 0. The predicted octanol–water partition coefficient (Wildman–Crippen LogP) is 4.50. The van der Waals surface area contributed by atoms with Crippen LogP contribution in [-0.2, 0) is 0 Å². The molecule has 0 amide bonds. The van der Waals surface area contributed by atoms with E-state index in [0.29, 0.717) is 0 Å². The third-order valence-electron chi connectivity index (χ3n) is 4.52. The number of hydrogen-bond acceptors (Lipinski definition) is 1. The minimum atomic E-state index is 0.179. The van der Waals surface area contributed by atoms with Gasteiger partial charge < -0.3 is 5.73 Å². The number of nitrogens with two attached hydrogens (primary N) is 1. The lowest BCUT2D eigenvalue weighted by Crippen LogP contribution is -2.44. The Morgan fingerprint density at radius 3 is 2.38 bits per heavy atom. The normalized spacial score (nSPS) is 32.6. The van der Waals surface area contributed by atoms with Crippen LogP contribution in [0.15, 0.2) is 0 Å². The highest BCUT2D eigenvalue weighted by molar-refractivity contribution is 4.90. The molecule has 16 heavy (non-hydrogen) atoms. The Labute approximate surface area is 102 Å². The maximum atomic E-state index is 6.53. The Kier molecular flexibility index (Phi) is 5.82. The summed E-state index contributed by atoms with van der Waals surface area (Å²) in [6.45, 7) is 6.91. The molecule has 1 heteroatoms. The van der Waals surface area contributed by atoms with E-state index in [4.69, 9.17) is 5.73 Å². The van der Waals surface area contributed by atoms with E-state index >= 15 is 0 Å². The first kappa shape index (κ1) is 14.0. The van der Waals surface area contributed by atoms with Crippen LogP contribution in [0.4, 0.5) is 0 Å². The lowest BCUT2D eigenvalue weighted by Gasteiger charge is -2.39. The number of unbranched alkanes of at least 4 members (excludes halogenated alkanes) is 1. The van der Waals surface area contributed by atoms with E-state index in [1.807, 2.05) is 0 Å². The molecule has 1 aliphatic carbocycles. The van der Waals surface area contributed by atoms with Crippen LogP contribution in [-0.4, -0.2) is 5.54 Å². The maximum absolute atomic E-state index is 6.53. The van der Waals surface area contributed by atoms with Gasteiger partial charge in [0.15, 0.2) is 0 Å². The zero-order valence-electron chi connectivity index (χ0n) is 11.6. The first-order valence-corrected chi connectivity index (χ1v) is 7.38. The van der Waals surface area contributed by atoms with E-state index in [9.17, 15) is 0 Å². The fraction of sp³-hybridized carbons (Fsp3) is 1.00. The molecule has 0 aromatic rings. The van der Waals surface area contributed by atoms with Gasteiger partial charge in [0.05, 0.1) is 0 Å². The van der Waals surface area contributed by atoms with Crippen molar-refractivity contribution in [1.82, 2.24) is 0 Å². The molecular weight excluding hydrogens is 194 g/mol. The van der Waals surface area contributed by atoms with E-state index in [1.165, 1.54) is 57.8 Å². The molecule has 1 aliphatic rings. The third-order valence-corrected chi connectivity index (χ3v) is 4.52. The summed E-state index contributed by atoms with van der Waals surface area (Å²) in [5.74, 6) is 1.78. The summed E-state index contributed by atoms with van der Waals surface area (Å²) in [5, 5.41) is 0. The molecule has 1 nitrogen and oxygen atoms in total. The second-order valence-corrected chi connectivity index (χ2v) is 6.17. The van der Waals surface area contributed by atoms with Crippen molar-refractivity contribution in [3.63, 3.8) is 0 Å². The number of hydrogen-bond donors (Lipinski definition) is 1. The van der Waals surface area contributed by atoms with E-state index in [2.05, 4.69) is 20.8 Å². The lowest BCUT2D eigenvalue weighted by atomic mass is 9.72. The van der Waals surface area contributed by atoms with Crippen molar-refractivity contribution >= 4 is 0 Å². The molecule has 0 aromatic heterocycles. The summed E-state index contributed by atoms with van der Waals surface area (Å²) in [4.78, 5) is 0. The molecule has 96 valence electrons. The van der Waals surface area contributed by atoms with E-state index in [1.54, 1.807) is 0 Å². The van der Waals surface area contributed by atoms with E-state index in [-0.39, 0.29) is 5.54 Å². The maximum Gasteiger partial charge on any atom is 0.0157 e. The van der Waals surface area contributed by atoms with Gasteiger partial charge in [-0.05, 0) is 43.9 Å². The molecule has 1 fully saturated rings. The van der Waals surface area contributed by atoms with Gasteiger partial charge in [0.25, 0.3) is 0 Å². The SMILES string of the molecule is CCCCC1CCC(N)(CC(C)CC)CC1. The smallest absolute Gasteiger partial charge is 0.0157 e. The Balaban J connectivity index is 2.29. The third kappa shape index (κ3) is 4.45. The molecule has 1 rings (SSSR count). The molecule has 0 saturated heterocycles. The monoisotopic (exact) mass is 225 g/mol. The van der Waals surface area contributed by atoms with Crippen LogP contribution in [0.2, 0.25) is 0 Å². The Hall–Kier alpha value is -0.0400. The average molecular weight is 225 g/mol. The van der Waals surface area contributed by atoms with Crippen molar-refractivity contribution in [2.45, 2.75) is 84.1 Å². The van der Waals surface area contributed by atoms with Gasteiger partial charge in [-0.2, -0.15) is 0 Å². The number of rotatable bonds is 6. The quantitative estimate of drug-likeness (QED) is 0.707. The second-order valence-electron chi connectivity index (χ2n) is 6.17. The van der Waals surface area contributed by atoms with Gasteiger partial charge in [0, 0.05) is 5.54 Å². The molecule has 0 aliphatic heterocycles. The van der Waals surface area contributed by atoms with Gasteiger partial charge in [-0.1, -0.05) is 46.5 Å². The molecule has 0 radical (unpaired) electrons. The fourth-order valence-electron chi connectivity index (χ4n) is 3.08. The van der Waals surface area contributed by atoms with Gasteiger partial charge >= 0.3 is 0 Å². The van der Waals surface area contributed by atoms with Crippen LogP contribution in [0.25, 0.3) is 0 Å². The Morgan fingerprint density at radius 1 is 1.25 bits per heavy atom. The molecule has 1 saturated carbocycles. The van der Waals surface area contributed by atoms with Crippen molar-refractivity contribution in [3.8, 4) is 0 Å². The second kappa shape index (κ2) is 6.64. The fourth-order valence-corrected chi connectivity index (χ4v) is 3.08. The Bertz CT molecular complexity index is 180. The van der Waals surface area contributed by atoms with Gasteiger partial charge in [-0.15, -0.1) is 0 Å². The summed E-state index contributed by atoms with van der Waals surface area (Å²) in [5.41, 5.74) is 6.71. The van der Waals surface area contributed by atoms with Crippen molar-refractivity contribution in [1.29, 1.82) is 0 Å². The summed E-state index contributed by atoms with van der Waals surface area (Å²) in [6, 6.07) is 0. The molecule has 0 spiro atoms. The van der Waals surface area contributed by atoms with Crippen LogP contribution < -0.4 is 5.73 Å². The summed E-state index contributed by atoms with van der Waals surface area (Å²) < 4.78 is 0. The van der Waals surface area contributed by atoms with Gasteiger partial charge in [-0.25, -0.2) is 0 Å². The topological polar surface area (TPSA) is 26.0 Å². The molecule has 1 atom stereocenters. The highest BCUT2D eigenvalue weighted by Crippen LogP contribution is 2.36. The zero-order chi connectivity index (χ0) is 12.0. The van der Waals surface area contributed by atoms with Crippen LogP contribution in [0, 0.1) is 11.8 Å². The highest BCUT2D eigenvalue weighted by Gasteiger charge is 2.32. The van der Waals surface area contributed by atoms with Crippen LogP contribution in [0.3, 0.4) is 0 Å². The van der Waals surface area contributed by atoms with Crippen molar-refractivity contribution < 1.29 is 0 Å². The first-order valence-electron chi connectivity index (χ1n) is 7.38. The summed E-state index contributed by atoms with van der Waals surface area (Å²) in [6.07, 6.45) is 12.0. The molecule has 1 unspecified atom stereocenters. The first-order chi connectivity index (χ1) is 7.59. The molecule has 0 bridgehead atoms. The molecule has 0 heterocycles. The molecular formula is C15H31N. The lowest BCUT2D eigenvalue weighted by molar-refractivity contribution is 0.190. The van der Waals surface area contributed by atoms with Crippen molar-refractivity contribution in [3.05, 3.63) is 0 Å². The van der Waals surface area contributed by atoms with Crippen LogP contribution in [0.5, 0.6) is 0 Å². The van der Waals surface area contributed by atoms with E-state index in [0.717, 1.165) is 11.8 Å². The standard InChI is InChI=1S/C15H31N/c1-4-6-7-14-8-10-15(16,11-9-14)12-13(3)5-2/h13-14H,4-12,16H2,1-3H3. The minimum absolute atomic E-state index is 0.179. The average Bonchev–Trinajstić information content (AvgIpc) is 2.28. The molecule has 0 aromatic carbocycles. The predicted molar refractivity (Wildman–Crippen MR) is 72.5 cm³/mol. The van der Waals surface area contributed by atoms with Crippen molar-refractivity contribution in [2.24, 2.45) is 17.6 Å². The minimum Gasteiger partial charge on any atom is -0.325 e. The van der Waals surface area contributed by atoms with Gasteiger partial charge in [0.1, 0.15) is 0 Å². The van der Waals surface area contributed by atoms with E-state index < -0.39 is 0 Å². The van der Waals surface area contributed by atoms with Gasteiger partial charge in [-0.3, -0.25) is 0 Å². The van der Waals surface area contributed by atoms with Crippen molar-refractivity contribution in [2.75, 3.05) is 0 Å². The zero-order valence-corrected chi connectivity index (χ0v) is 11.6. The summed E-state index contributed by atoms with van der Waals surface area (Å²) >= 11 is 0. The van der Waals surface area contributed by atoms with Crippen LogP contribution in [0.1, 0.15) is 78.6 Å². The van der Waals surface area contributed by atoms with Crippen LogP contribution >= 0.6 is 0 Å². The highest BCUT2D eigenvalue weighted by atomic mass is 14.7. The molecule has 2 N–H and O–H groups in total.